The Bertz CT molecular complexity index is 412. The molecule has 0 unspecified atom stereocenters. The Hall–Kier alpha value is -1.97. The number of nitrogens with two attached hydrogens (primary N) is 1. The van der Waals surface area contributed by atoms with E-state index >= 15 is 0 Å². The van der Waals surface area contributed by atoms with Gasteiger partial charge in [0.2, 0.25) is 0 Å². The molecule has 4 nitrogen and oxygen atoms in total. The van der Waals surface area contributed by atoms with Gasteiger partial charge in [0.15, 0.2) is 0 Å². The Morgan fingerprint density at radius 2 is 2.33 bits per heavy atom. The zero-order valence-corrected chi connectivity index (χ0v) is 8.31. The maximum Gasteiger partial charge on any atom is 0.125 e. The number of aromatic nitrogens is 1. The average Bonchev–Trinajstić information content (AvgIpc) is 2.71. The topological polar surface area (TPSA) is 64.1 Å². The highest BCUT2D eigenvalue weighted by molar-refractivity contribution is 5.49. The summed E-state index contributed by atoms with van der Waals surface area (Å²) in [7, 11) is 0. The van der Waals surface area contributed by atoms with E-state index in [4.69, 9.17) is 10.2 Å². The Morgan fingerprint density at radius 3 is 3.07 bits per heavy atom. The third-order valence-corrected chi connectivity index (χ3v) is 2.06. The van der Waals surface area contributed by atoms with Crippen LogP contribution < -0.4 is 11.1 Å². The molecule has 0 fully saturated rings. The summed E-state index contributed by atoms with van der Waals surface area (Å²) in [5, 5.41) is 3.24. The normalized spacial score (nSPS) is 10.1. The van der Waals surface area contributed by atoms with E-state index in [9.17, 15) is 0 Å². The van der Waals surface area contributed by atoms with Gasteiger partial charge in [-0.25, -0.2) is 4.98 Å². The largest absolute Gasteiger partial charge is 0.469 e. The van der Waals surface area contributed by atoms with E-state index in [1.807, 2.05) is 24.3 Å². The third kappa shape index (κ3) is 2.74. The number of furan rings is 1. The minimum Gasteiger partial charge on any atom is -0.469 e. The molecule has 78 valence electrons. The van der Waals surface area contributed by atoms with Crippen LogP contribution in [-0.4, -0.2) is 11.5 Å². The van der Waals surface area contributed by atoms with Crippen molar-refractivity contribution in [3.05, 3.63) is 42.5 Å². The summed E-state index contributed by atoms with van der Waals surface area (Å²) in [4.78, 5) is 3.92. The lowest BCUT2D eigenvalue weighted by molar-refractivity contribution is 0.513. The number of hydrogen-bond donors (Lipinski definition) is 2. The molecule has 0 aromatic carbocycles. The Morgan fingerprint density at radius 1 is 1.40 bits per heavy atom. The van der Waals surface area contributed by atoms with Crippen molar-refractivity contribution in [1.29, 1.82) is 0 Å². The summed E-state index contributed by atoms with van der Waals surface area (Å²) in [5.41, 5.74) is 6.54. The quantitative estimate of drug-likeness (QED) is 0.796. The van der Waals surface area contributed by atoms with Crippen LogP contribution in [0.3, 0.4) is 0 Å². The molecule has 0 aliphatic carbocycles. The van der Waals surface area contributed by atoms with Crippen LogP contribution >= 0.6 is 0 Å². The van der Waals surface area contributed by atoms with Crippen LogP contribution in [0.2, 0.25) is 0 Å². The molecule has 0 amide bonds. The van der Waals surface area contributed by atoms with Gasteiger partial charge < -0.3 is 15.5 Å². The maximum atomic E-state index is 5.56. The van der Waals surface area contributed by atoms with Gasteiger partial charge in [-0.05, 0) is 18.2 Å². The summed E-state index contributed by atoms with van der Waals surface area (Å²) in [6.45, 7) is 0.816. The lowest BCUT2D eigenvalue weighted by Crippen LogP contribution is -2.04. The lowest BCUT2D eigenvalue weighted by atomic mass is 10.3. The van der Waals surface area contributed by atoms with E-state index in [2.05, 4.69) is 10.3 Å². The van der Waals surface area contributed by atoms with Crippen LogP contribution in [0.4, 0.5) is 11.5 Å². The molecule has 2 aromatic rings. The average molecular weight is 203 g/mol. The van der Waals surface area contributed by atoms with Crippen molar-refractivity contribution in [2.75, 3.05) is 17.6 Å². The maximum absolute atomic E-state index is 5.56. The fourth-order valence-electron chi connectivity index (χ4n) is 1.34. The molecule has 0 bridgehead atoms. The van der Waals surface area contributed by atoms with E-state index in [0.717, 1.165) is 24.4 Å². The number of nitrogen functional groups attached to an aromatic ring is 1. The molecule has 0 saturated heterocycles. The standard InChI is InChI=1S/C11H13N3O/c12-11-8-9(3-5-14-11)13-6-4-10-2-1-7-15-10/h1-3,5,7-8H,4,6H2,(H3,12,13,14). The first kappa shape index (κ1) is 9.58. The van der Waals surface area contributed by atoms with Crippen LogP contribution in [0.15, 0.2) is 41.1 Å². The monoisotopic (exact) mass is 203 g/mol. The van der Waals surface area contributed by atoms with Gasteiger partial charge in [-0.3, -0.25) is 0 Å². The molecule has 2 heterocycles. The molecule has 0 atom stereocenters. The molecule has 3 N–H and O–H groups in total. The smallest absolute Gasteiger partial charge is 0.125 e. The van der Waals surface area contributed by atoms with Crippen LogP contribution in [-0.2, 0) is 6.42 Å². The van der Waals surface area contributed by atoms with Crippen LogP contribution in [0.1, 0.15) is 5.76 Å². The van der Waals surface area contributed by atoms with E-state index in [0.29, 0.717) is 5.82 Å². The second kappa shape index (κ2) is 4.50. The fraction of sp³-hybridized carbons (Fsp3) is 0.182. The zero-order chi connectivity index (χ0) is 10.5. The summed E-state index contributed by atoms with van der Waals surface area (Å²) in [6, 6.07) is 7.54. The molecular weight excluding hydrogens is 190 g/mol. The molecule has 4 heteroatoms. The molecule has 2 rings (SSSR count). The van der Waals surface area contributed by atoms with Gasteiger partial charge in [-0.2, -0.15) is 0 Å². The number of hydrogen-bond acceptors (Lipinski definition) is 4. The Kier molecular flexibility index (Phi) is 2.88. The van der Waals surface area contributed by atoms with Gasteiger partial charge in [0.1, 0.15) is 11.6 Å². The number of pyridine rings is 1. The van der Waals surface area contributed by atoms with Crippen LogP contribution in [0.5, 0.6) is 0 Å². The lowest BCUT2D eigenvalue weighted by Gasteiger charge is -2.04. The van der Waals surface area contributed by atoms with Crippen molar-refractivity contribution in [3.63, 3.8) is 0 Å². The molecule has 2 aromatic heterocycles. The summed E-state index contributed by atoms with van der Waals surface area (Å²) < 4.78 is 5.22. The predicted octanol–water partition coefficient (Wildman–Crippen LogP) is 1.91. The van der Waals surface area contributed by atoms with E-state index in [1.165, 1.54) is 0 Å². The first-order chi connectivity index (χ1) is 7.34. The van der Waals surface area contributed by atoms with Gasteiger partial charge in [0.05, 0.1) is 6.26 Å². The summed E-state index contributed by atoms with van der Waals surface area (Å²) >= 11 is 0. The number of anilines is 2. The molecule has 0 aliphatic rings. The van der Waals surface area contributed by atoms with Gasteiger partial charge in [0, 0.05) is 30.9 Å². The van der Waals surface area contributed by atoms with Crippen molar-refractivity contribution in [1.82, 2.24) is 4.98 Å². The molecule has 0 saturated carbocycles. The van der Waals surface area contributed by atoms with Crippen molar-refractivity contribution < 1.29 is 4.42 Å². The van der Waals surface area contributed by atoms with Gasteiger partial charge >= 0.3 is 0 Å². The predicted molar refractivity (Wildman–Crippen MR) is 59.6 cm³/mol. The Balaban J connectivity index is 1.83. The Labute approximate surface area is 88.1 Å². The van der Waals surface area contributed by atoms with Crippen molar-refractivity contribution in [3.8, 4) is 0 Å². The molecule has 0 aliphatic heterocycles. The molecule has 0 spiro atoms. The first-order valence-electron chi connectivity index (χ1n) is 4.82. The summed E-state index contributed by atoms with van der Waals surface area (Å²) in [5.74, 6) is 1.50. The fourth-order valence-corrected chi connectivity index (χ4v) is 1.34. The van der Waals surface area contributed by atoms with Gasteiger partial charge in [-0.15, -0.1) is 0 Å². The highest BCUT2D eigenvalue weighted by atomic mass is 16.3. The number of nitrogens with one attached hydrogen (secondary N) is 1. The third-order valence-electron chi connectivity index (χ3n) is 2.06. The minimum absolute atomic E-state index is 0.526. The SMILES string of the molecule is Nc1cc(NCCc2ccco2)ccn1. The minimum atomic E-state index is 0.526. The van der Waals surface area contributed by atoms with Gasteiger partial charge in [-0.1, -0.05) is 0 Å². The number of rotatable bonds is 4. The van der Waals surface area contributed by atoms with E-state index in [-0.39, 0.29) is 0 Å². The number of nitrogens with zero attached hydrogens (tertiary/aromatic N) is 1. The van der Waals surface area contributed by atoms with Crippen molar-refractivity contribution in [2.24, 2.45) is 0 Å². The first-order valence-corrected chi connectivity index (χ1v) is 4.82. The van der Waals surface area contributed by atoms with E-state index < -0.39 is 0 Å². The zero-order valence-electron chi connectivity index (χ0n) is 8.31. The second-order valence-electron chi connectivity index (χ2n) is 3.23. The molecule has 0 radical (unpaired) electrons. The second-order valence-corrected chi connectivity index (χ2v) is 3.23. The van der Waals surface area contributed by atoms with Crippen molar-refractivity contribution >= 4 is 11.5 Å². The highest BCUT2D eigenvalue weighted by Crippen LogP contribution is 2.09. The molecular formula is C11H13N3O. The van der Waals surface area contributed by atoms with Gasteiger partial charge in [0.25, 0.3) is 0 Å². The molecule has 15 heavy (non-hydrogen) atoms. The van der Waals surface area contributed by atoms with Crippen molar-refractivity contribution in [2.45, 2.75) is 6.42 Å². The summed E-state index contributed by atoms with van der Waals surface area (Å²) in [6.07, 6.45) is 4.22. The highest BCUT2D eigenvalue weighted by Gasteiger charge is 1.96. The van der Waals surface area contributed by atoms with Crippen LogP contribution in [0.25, 0.3) is 0 Å². The van der Waals surface area contributed by atoms with E-state index in [1.54, 1.807) is 12.5 Å². The van der Waals surface area contributed by atoms with Crippen LogP contribution in [0, 0.1) is 0 Å².